The SMILES string of the molecule is O=C(c1cnn(-c2ccc(F)cc2)n1)N1CCC(CO)CC1. The Morgan fingerprint density at radius 3 is 2.59 bits per heavy atom. The number of carbonyl (C=O) groups excluding carboxylic acids is 1. The molecule has 3 rings (SSSR count). The molecule has 116 valence electrons. The standard InChI is InChI=1S/C15H17FN4O2/c16-12-1-3-13(4-2-12)20-17-9-14(18-20)15(22)19-7-5-11(10-21)6-8-19/h1-4,9,11,21H,5-8,10H2. The van der Waals surface area contributed by atoms with Crippen molar-refractivity contribution in [2.24, 2.45) is 5.92 Å². The normalized spacial score (nSPS) is 16.0. The minimum absolute atomic E-state index is 0.162. The maximum atomic E-state index is 12.9. The van der Waals surface area contributed by atoms with Crippen molar-refractivity contribution in [2.75, 3.05) is 19.7 Å². The number of hydrogen-bond donors (Lipinski definition) is 1. The number of aromatic nitrogens is 3. The van der Waals surface area contributed by atoms with Gasteiger partial charge >= 0.3 is 0 Å². The smallest absolute Gasteiger partial charge is 0.276 e. The van der Waals surface area contributed by atoms with Crippen LogP contribution in [-0.2, 0) is 0 Å². The van der Waals surface area contributed by atoms with Gasteiger partial charge in [0, 0.05) is 19.7 Å². The predicted octanol–water partition coefficient (Wildman–Crippen LogP) is 1.25. The minimum atomic E-state index is -0.334. The molecule has 1 aliphatic heterocycles. The monoisotopic (exact) mass is 304 g/mol. The van der Waals surface area contributed by atoms with Crippen LogP contribution in [0.2, 0.25) is 0 Å². The first-order chi connectivity index (χ1) is 10.7. The average Bonchev–Trinajstić information content (AvgIpc) is 3.05. The molecule has 2 aromatic rings. The highest BCUT2D eigenvalue weighted by molar-refractivity contribution is 5.92. The molecule has 0 bridgehead atoms. The second-order valence-electron chi connectivity index (χ2n) is 5.41. The van der Waals surface area contributed by atoms with Crippen molar-refractivity contribution in [1.82, 2.24) is 19.9 Å². The van der Waals surface area contributed by atoms with Crippen molar-refractivity contribution in [3.05, 3.63) is 42.0 Å². The lowest BCUT2D eigenvalue weighted by Crippen LogP contribution is -2.39. The molecule has 0 radical (unpaired) electrons. The Kier molecular flexibility index (Phi) is 4.15. The van der Waals surface area contributed by atoms with Crippen LogP contribution in [-0.4, -0.2) is 50.6 Å². The molecule has 1 aromatic heterocycles. The number of rotatable bonds is 3. The lowest BCUT2D eigenvalue weighted by atomic mass is 9.98. The highest BCUT2D eigenvalue weighted by Gasteiger charge is 2.25. The number of aliphatic hydroxyl groups is 1. The maximum absolute atomic E-state index is 12.9. The summed E-state index contributed by atoms with van der Waals surface area (Å²) in [4.78, 5) is 15.4. The third kappa shape index (κ3) is 2.99. The van der Waals surface area contributed by atoms with Crippen molar-refractivity contribution < 1.29 is 14.3 Å². The van der Waals surface area contributed by atoms with Crippen molar-refractivity contribution >= 4 is 5.91 Å². The molecule has 1 fully saturated rings. The van der Waals surface area contributed by atoms with E-state index in [4.69, 9.17) is 5.11 Å². The van der Waals surface area contributed by atoms with Gasteiger partial charge in [-0.05, 0) is 43.0 Å². The molecule has 1 aliphatic rings. The molecular formula is C15H17FN4O2. The van der Waals surface area contributed by atoms with Gasteiger partial charge in [0.25, 0.3) is 5.91 Å². The molecule has 0 unspecified atom stereocenters. The first-order valence-corrected chi connectivity index (χ1v) is 7.26. The van der Waals surface area contributed by atoms with Crippen LogP contribution in [0, 0.1) is 11.7 Å². The maximum Gasteiger partial charge on any atom is 0.276 e. The van der Waals surface area contributed by atoms with Crippen LogP contribution >= 0.6 is 0 Å². The largest absolute Gasteiger partial charge is 0.396 e. The van der Waals surface area contributed by atoms with Gasteiger partial charge in [0.15, 0.2) is 5.69 Å². The summed E-state index contributed by atoms with van der Waals surface area (Å²) >= 11 is 0. The minimum Gasteiger partial charge on any atom is -0.396 e. The third-order valence-corrected chi connectivity index (χ3v) is 3.93. The lowest BCUT2D eigenvalue weighted by Gasteiger charge is -2.30. The van der Waals surface area contributed by atoms with E-state index in [2.05, 4.69) is 10.2 Å². The van der Waals surface area contributed by atoms with Crippen LogP contribution in [0.3, 0.4) is 0 Å². The summed E-state index contributed by atoms with van der Waals surface area (Å²) in [6.07, 6.45) is 3.02. The highest BCUT2D eigenvalue weighted by Crippen LogP contribution is 2.18. The fourth-order valence-electron chi connectivity index (χ4n) is 2.54. The number of amides is 1. The molecule has 22 heavy (non-hydrogen) atoms. The number of carbonyl (C=O) groups is 1. The summed E-state index contributed by atoms with van der Waals surface area (Å²) in [5.41, 5.74) is 0.867. The van der Waals surface area contributed by atoms with Crippen LogP contribution in [0.4, 0.5) is 4.39 Å². The molecule has 1 amide bonds. The van der Waals surface area contributed by atoms with E-state index < -0.39 is 0 Å². The van der Waals surface area contributed by atoms with Gasteiger partial charge in [0.2, 0.25) is 0 Å². The van der Waals surface area contributed by atoms with E-state index in [1.54, 1.807) is 17.0 Å². The summed E-state index contributed by atoms with van der Waals surface area (Å²) in [6, 6.07) is 5.74. The molecule has 1 N–H and O–H groups in total. The van der Waals surface area contributed by atoms with E-state index in [1.165, 1.54) is 23.1 Å². The van der Waals surface area contributed by atoms with E-state index in [-0.39, 0.29) is 29.9 Å². The Balaban J connectivity index is 1.71. The molecule has 1 saturated heterocycles. The molecular weight excluding hydrogens is 287 g/mol. The van der Waals surface area contributed by atoms with Gasteiger partial charge in [-0.2, -0.15) is 9.90 Å². The first kappa shape index (κ1) is 14.6. The van der Waals surface area contributed by atoms with Crippen molar-refractivity contribution in [2.45, 2.75) is 12.8 Å². The quantitative estimate of drug-likeness (QED) is 0.926. The average molecular weight is 304 g/mol. The van der Waals surface area contributed by atoms with E-state index >= 15 is 0 Å². The Morgan fingerprint density at radius 1 is 1.27 bits per heavy atom. The number of likely N-dealkylation sites (tertiary alicyclic amines) is 1. The number of piperidine rings is 1. The third-order valence-electron chi connectivity index (χ3n) is 3.93. The van der Waals surface area contributed by atoms with Crippen LogP contribution in [0.25, 0.3) is 5.69 Å². The van der Waals surface area contributed by atoms with Gasteiger partial charge in [0.1, 0.15) is 5.82 Å². The molecule has 0 saturated carbocycles. The van der Waals surface area contributed by atoms with Gasteiger partial charge in [0.05, 0.1) is 11.9 Å². The molecule has 6 nitrogen and oxygen atoms in total. The topological polar surface area (TPSA) is 71.2 Å². The number of halogens is 1. The second kappa shape index (κ2) is 6.23. The summed E-state index contributed by atoms with van der Waals surface area (Å²) in [5.74, 6) is -0.220. The molecule has 0 aliphatic carbocycles. The fourth-order valence-corrected chi connectivity index (χ4v) is 2.54. The number of benzene rings is 1. The zero-order valence-electron chi connectivity index (χ0n) is 12.0. The Hall–Kier alpha value is -2.28. The van der Waals surface area contributed by atoms with Gasteiger partial charge < -0.3 is 10.0 Å². The zero-order valence-corrected chi connectivity index (χ0v) is 12.0. The molecule has 0 spiro atoms. The summed E-state index contributed by atoms with van der Waals surface area (Å²) in [6.45, 7) is 1.41. The van der Waals surface area contributed by atoms with Crippen LogP contribution < -0.4 is 0 Å². The van der Waals surface area contributed by atoms with Crippen molar-refractivity contribution in [1.29, 1.82) is 0 Å². The van der Waals surface area contributed by atoms with Crippen LogP contribution in [0.1, 0.15) is 23.3 Å². The summed E-state index contributed by atoms with van der Waals surface area (Å²) in [5, 5.41) is 17.4. The highest BCUT2D eigenvalue weighted by atomic mass is 19.1. The van der Waals surface area contributed by atoms with E-state index in [1.807, 2.05) is 0 Å². The number of hydrogen-bond acceptors (Lipinski definition) is 4. The fraction of sp³-hybridized carbons (Fsp3) is 0.400. The zero-order chi connectivity index (χ0) is 15.5. The summed E-state index contributed by atoms with van der Waals surface area (Å²) in [7, 11) is 0. The van der Waals surface area contributed by atoms with Gasteiger partial charge in [-0.3, -0.25) is 4.79 Å². The molecule has 1 aromatic carbocycles. The van der Waals surface area contributed by atoms with E-state index in [9.17, 15) is 9.18 Å². The molecule has 2 heterocycles. The van der Waals surface area contributed by atoms with Gasteiger partial charge in [-0.25, -0.2) is 4.39 Å². The number of aliphatic hydroxyl groups excluding tert-OH is 1. The predicted molar refractivity (Wildman–Crippen MR) is 77.0 cm³/mol. The van der Waals surface area contributed by atoms with Crippen LogP contribution in [0.15, 0.2) is 30.5 Å². The molecule has 0 atom stereocenters. The van der Waals surface area contributed by atoms with Crippen molar-refractivity contribution in [3.8, 4) is 5.69 Å². The lowest BCUT2D eigenvalue weighted by molar-refractivity contribution is 0.0644. The first-order valence-electron chi connectivity index (χ1n) is 7.26. The van der Waals surface area contributed by atoms with Gasteiger partial charge in [-0.15, -0.1) is 5.10 Å². The van der Waals surface area contributed by atoms with Crippen LogP contribution in [0.5, 0.6) is 0 Å². The Labute approximate surface area is 127 Å². The van der Waals surface area contributed by atoms with Crippen molar-refractivity contribution in [3.63, 3.8) is 0 Å². The van der Waals surface area contributed by atoms with E-state index in [0.29, 0.717) is 18.8 Å². The van der Waals surface area contributed by atoms with E-state index in [0.717, 1.165) is 12.8 Å². The van der Waals surface area contributed by atoms with Gasteiger partial charge in [-0.1, -0.05) is 0 Å². The number of nitrogens with zero attached hydrogens (tertiary/aromatic N) is 4. The molecule has 7 heteroatoms. The second-order valence-corrected chi connectivity index (χ2v) is 5.41. The summed E-state index contributed by atoms with van der Waals surface area (Å²) < 4.78 is 12.9. The Morgan fingerprint density at radius 2 is 1.95 bits per heavy atom. The Bertz CT molecular complexity index is 648.